The Morgan fingerprint density at radius 1 is 1.18 bits per heavy atom. The van der Waals surface area contributed by atoms with Crippen LogP contribution in [0, 0.1) is 9.49 Å². The summed E-state index contributed by atoms with van der Waals surface area (Å²) in [6.07, 6.45) is -3.08. The fraction of sp³-hybridized carbons (Fsp3) is 0.300. The number of rotatable bonds is 4. The van der Waals surface area contributed by atoms with Crippen LogP contribution in [0.1, 0.15) is 23.2 Å². The van der Waals surface area contributed by atoms with Gasteiger partial charge in [0.15, 0.2) is 5.82 Å². The number of benzene rings is 1. The maximum absolute atomic E-state index is 13.3. The van der Waals surface area contributed by atoms with Crippen LogP contribution in [0.5, 0.6) is 0 Å². The fourth-order valence-corrected chi connectivity index (χ4v) is 3.65. The highest BCUT2D eigenvalue weighted by Crippen LogP contribution is 2.27. The minimum atomic E-state index is -5.36. The molecule has 13 heteroatoms. The molecule has 0 radical (unpaired) electrons. The van der Waals surface area contributed by atoms with Crippen molar-refractivity contribution in [1.82, 2.24) is 10.3 Å². The van der Waals surface area contributed by atoms with Crippen LogP contribution in [0.3, 0.4) is 0 Å². The van der Waals surface area contributed by atoms with E-state index in [1.807, 2.05) is 22.6 Å². The molecule has 1 aromatic heterocycles. The normalized spacial score (nSPS) is 14.5. The quantitative estimate of drug-likeness (QED) is 0.410. The molecule has 1 fully saturated rings. The number of amides is 2. The summed E-state index contributed by atoms with van der Waals surface area (Å²) >= 11 is 7.66. The minimum Gasteiger partial charge on any atom is -0.325 e. The van der Waals surface area contributed by atoms with Gasteiger partial charge < -0.3 is 15.5 Å². The van der Waals surface area contributed by atoms with E-state index in [0.29, 0.717) is 29.5 Å². The van der Waals surface area contributed by atoms with E-state index in [2.05, 4.69) is 20.5 Å². The number of nitrogens with zero attached hydrogens (tertiary/aromatic N) is 2. The molecule has 1 saturated heterocycles. The molecule has 2 heterocycles. The van der Waals surface area contributed by atoms with Gasteiger partial charge in [-0.15, -0.1) is 5.06 Å². The van der Waals surface area contributed by atoms with E-state index in [-0.39, 0.29) is 33.2 Å². The Balaban J connectivity index is 1.95. The van der Waals surface area contributed by atoms with Crippen molar-refractivity contribution in [3.8, 4) is 0 Å². The van der Waals surface area contributed by atoms with Crippen LogP contribution in [-0.4, -0.2) is 42.0 Å². The number of hydroxylamine groups is 1. The lowest BCUT2D eigenvalue weighted by atomic mass is 9.97. The fourth-order valence-electron chi connectivity index (χ4n) is 3.05. The third kappa shape index (κ3) is 6.54. The number of pyridine rings is 1. The first kappa shape index (κ1) is 25.2. The number of piperidine rings is 1. The number of hydrogen-bond donors (Lipinski definition) is 2. The number of hydrogen-bond acceptors (Lipinski definition) is 6. The average molecular weight is 597 g/mol. The lowest BCUT2D eigenvalue weighted by molar-refractivity contribution is -0.200. The molecule has 8 nitrogen and oxygen atoms in total. The Kier molecular flexibility index (Phi) is 8.13. The van der Waals surface area contributed by atoms with Crippen molar-refractivity contribution >= 4 is 63.5 Å². The van der Waals surface area contributed by atoms with Crippen LogP contribution < -0.4 is 15.7 Å². The van der Waals surface area contributed by atoms with Crippen LogP contribution in [0.4, 0.5) is 24.7 Å². The third-order valence-electron chi connectivity index (χ3n) is 4.69. The molecule has 2 amide bonds. The number of nitrogens with one attached hydrogen (secondary N) is 2. The Bertz CT molecular complexity index is 1050. The van der Waals surface area contributed by atoms with Crippen molar-refractivity contribution in [2.45, 2.75) is 19.0 Å². The predicted molar refractivity (Wildman–Crippen MR) is 122 cm³/mol. The number of halogens is 5. The maximum atomic E-state index is 13.3. The summed E-state index contributed by atoms with van der Waals surface area (Å²) in [5, 5.41) is 6.08. The second-order valence-corrected chi connectivity index (χ2v) is 8.70. The van der Waals surface area contributed by atoms with Gasteiger partial charge in [-0.1, -0.05) is 11.6 Å². The molecule has 3 rings (SSSR count). The standard InChI is InChI=1S/C20H17ClF3IN4O4/c21-12-1-4-16(27-10-12)29(33-19(32)20(22,23)24)18(31)14-9-13(25)2-3-15(14)28-17(30)11-5-7-26-8-6-11/h1-4,9-11,26H,5-8H2,(H,28,30). The van der Waals surface area contributed by atoms with E-state index in [1.165, 1.54) is 18.2 Å². The van der Waals surface area contributed by atoms with Crippen molar-refractivity contribution in [1.29, 1.82) is 0 Å². The predicted octanol–water partition coefficient (Wildman–Crippen LogP) is 3.95. The molecule has 0 saturated carbocycles. The highest BCUT2D eigenvalue weighted by molar-refractivity contribution is 14.1. The molecule has 0 atom stereocenters. The number of carbonyl (C=O) groups excluding carboxylic acids is 3. The highest BCUT2D eigenvalue weighted by Gasteiger charge is 2.44. The first-order chi connectivity index (χ1) is 15.6. The Labute approximate surface area is 204 Å². The van der Waals surface area contributed by atoms with Gasteiger partial charge in [0.25, 0.3) is 5.91 Å². The van der Waals surface area contributed by atoms with Gasteiger partial charge in [0, 0.05) is 15.7 Å². The highest BCUT2D eigenvalue weighted by atomic mass is 127. The van der Waals surface area contributed by atoms with E-state index in [9.17, 15) is 27.6 Å². The van der Waals surface area contributed by atoms with Gasteiger partial charge in [-0.3, -0.25) is 9.59 Å². The minimum absolute atomic E-state index is 0.0611. The SMILES string of the molecule is O=C(Nc1ccc(I)cc1C(=O)N(OC(=O)C(F)(F)F)c1ccc(Cl)cn1)C1CCNCC1. The number of anilines is 2. The summed E-state index contributed by atoms with van der Waals surface area (Å²) in [6.45, 7) is 1.33. The zero-order chi connectivity index (χ0) is 24.2. The molecular formula is C20H17ClF3IN4O4. The van der Waals surface area contributed by atoms with Gasteiger partial charge in [0.1, 0.15) is 0 Å². The van der Waals surface area contributed by atoms with Crippen molar-refractivity contribution in [3.63, 3.8) is 0 Å². The van der Waals surface area contributed by atoms with Crippen LogP contribution in [0.15, 0.2) is 36.5 Å². The van der Waals surface area contributed by atoms with Crippen molar-refractivity contribution in [3.05, 3.63) is 50.7 Å². The molecule has 2 aromatic rings. The summed E-state index contributed by atoms with van der Waals surface area (Å²) in [4.78, 5) is 45.6. The molecule has 0 aliphatic carbocycles. The number of carbonyl (C=O) groups is 3. The summed E-state index contributed by atoms with van der Waals surface area (Å²) in [5.41, 5.74) is -0.123. The Hall–Kier alpha value is -2.45. The number of aromatic nitrogens is 1. The Morgan fingerprint density at radius 3 is 2.48 bits per heavy atom. The van der Waals surface area contributed by atoms with Crippen molar-refractivity contribution in [2.75, 3.05) is 23.5 Å². The average Bonchev–Trinajstić information content (AvgIpc) is 2.78. The summed E-state index contributed by atoms with van der Waals surface area (Å²) < 4.78 is 39.1. The lowest BCUT2D eigenvalue weighted by Crippen LogP contribution is -2.40. The van der Waals surface area contributed by atoms with Crippen LogP contribution in [0.25, 0.3) is 0 Å². The third-order valence-corrected chi connectivity index (χ3v) is 5.58. The molecule has 1 aromatic carbocycles. The van der Waals surface area contributed by atoms with Crippen LogP contribution >= 0.6 is 34.2 Å². The molecule has 1 aliphatic heterocycles. The summed E-state index contributed by atoms with van der Waals surface area (Å²) in [6, 6.07) is 6.80. The molecule has 33 heavy (non-hydrogen) atoms. The summed E-state index contributed by atoms with van der Waals surface area (Å²) in [5.74, 6) is -4.77. The molecule has 2 N–H and O–H groups in total. The van der Waals surface area contributed by atoms with Crippen molar-refractivity contribution < 1.29 is 32.4 Å². The van der Waals surface area contributed by atoms with Gasteiger partial charge in [-0.25, -0.2) is 9.78 Å². The van der Waals surface area contributed by atoms with E-state index < -0.39 is 23.9 Å². The molecule has 1 aliphatic rings. The smallest absolute Gasteiger partial charge is 0.325 e. The zero-order valence-electron chi connectivity index (χ0n) is 16.8. The first-order valence-corrected chi connectivity index (χ1v) is 11.1. The van der Waals surface area contributed by atoms with Crippen LogP contribution in [0.2, 0.25) is 5.02 Å². The molecule has 0 unspecified atom stereocenters. The van der Waals surface area contributed by atoms with Gasteiger partial charge >= 0.3 is 12.1 Å². The van der Waals surface area contributed by atoms with Gasteiger partial charge in [0.2, 0.25) is 5.91 Å². The first-order valence-electron chi connectivity index (χ1n) is 9.62. The topological polar surface area (TPSA) is 101 Å². The van der Waals surface area contributed by atoms with E-state index in [0.717, 1.165) is 12.3 Å². The molecule has 0 spiro atoms. The monoisotopic (exact) mass is 596 g/mol. The summed E-state index contributed by atoms with van der Waals surface area (Å²) in [7, 11) is 0. The van der Waals surface area contributed by atoms with Gasteiger partial charge in [-0.2, -0.15) is 13.2 Å². The second-order valence-electron chi connectivity index (χ2n) is 7.01. The molecule has 0 bridgehead atoms. The molecular weight excluding hydrogens is 580 g/mol. The Morgan fingerprint density at radius 2 is 1.88 bits per heavy atom. The maximum Gasteiger partial charge on any atom is 0.493 e. The lowest BCUT2D eigenvalue weighted by Gasteiger charge is -2.24. The zero-order valence-corrected chi connectivity index (χ0v) is 19.7. The number of alkyl halides is 3. The van der Waals surface area contributed by atoms with E-state index >= 15 is 0 Å². The largest absolute Gasteiger partial charge is 0.493 e. The van der Waals surface area contributed by atoms with Crippen molar-refractivity contribution in [2.24, 2.45) is 5.92 Å². The van der Waals surface area contributed by atoms with Crippen LogP contribution in [-0.2, 0) is 14.4 Å². The van der Waals surface area contributed by atoms with Gasteiger partial charge in [-0.05, 0) is 78.9 Å². The second kappa shape index (κ2) is 10.7. The van der Waals surface area contributed by atoms with E-state index in [1.54, 1.807) is 6.07 Å². The molecule has 176 valence electrons. The van der Waals surface area contributed by atoms with E-state index in [4.69, 9.17) is 11.6 Å². The van der Waals surface area contributed by atoms with Gasteiger partial charge in [0.05, 0.1) is 16.3 Å².